The van der Waals surface area contributed by atoms with Gasteiger partial charge >= 0.3 is 0 Å². The first-order chi connectivity index (χ1) is 11.1. The maximum atomic E-state index is 10.6. The van der Waals surface area contributed by atoms with Crippen molar-refractivity contribution in [3.8, 4) is 0 Å². The minimum atomic E-state index is -0.514. The predicted octanol–water partition coefficient (Wildman–Crippen LogP) is 5.92. The molecule has 130 valence electrons. The standard InChI is InChI=1S/C18H28BrNO3/c19-15-9-7-5-3-1-2-4-6-8-10-18(21)16-11-13-17(14-12-16)20(22)23/h11-14,18,21H,1-10,15H2. The minimum absolute atomic E-state index is 0.0667. The first-order valence-electron chi connectivity index (χ1n) is 8.63. The van der Waals surface area contributed by atoms with Gasteiger partial charge in [-0.1, -0.05) is 67.3 Å². The van der Waals surface area contributed by atoms with Gasteiger partial charge in [0.15, 0.2) is 0 Å². The molecule has 0 aromatic heterocycles. The Labute approximate surface area is 147 Å². The van der Waals surface area contributed by atoms with E-state index < -0.39 is 11.0 Å². The Morgan fingerprint density at radius 3 is 1.87 bits per heavy atom. The van der Waals surface area contributed by atoms with E-state index in [1.807, 2.05) is 0 Å². The molecule has 0 aliphatic carbocycles. The fourth-order valence-corrected chi connectivity index (χ4v) is 3.05. The number of non-ortho nitro benzene ring substituents is 1. The van der Waals surface area contributed by atoms with Crippen LogP contribution in [0.2, 0.25) is 0 Å². The molecule has 4 nitrogen and oxygen atoms in total. The van der Waals surface area contributed by atoms with Gasteiger partial charge in [0.25, 0.3) is 5.69 Å². The quantitative estimate of drug-likeness (QED) is 0.198. The molecule has 5 heteroatoms. The van der Waals surface area contributed by atoms with Crippen LogP contribution in [0.25, 0.3) is 0 Å². The van der Waals surface area contributed by atoms with Gasteiger partial charge in [-0.3, -0.25) is 10.1 Å². The summed E-state index contributed by atoms with van der Waals surface area (Å²) in [5.74, 6) is 0. The predicted molar refractivity (Wildman–Crippen MR) is 98.0 cm³/mol. The van der Waals surface area contributed by atoms with Gasteiger partial charge < -0.3 is 5.11 Å². The van der Waals surface area contributed by atoms with Crippen LogP contribution in [-0.2, 0) is 0 Å². The van der Waals surface area contributed by atoms with Crippen LogP contribution in [0.5, 0.6) is 0 Å². The lowest BCUT2D eigenvalue weighted by Gasteiger charge is -2.10. The molecular weight excluding hydrogens is 358 g/mol. The van der Waals surface area contributed by atoms with Crippen molar-refractivity contribution in [1.29, 1.82) is 0 Å². The fourth-order valence-electron chi connectivity index (χ4n) is 2.65. The average Bonchev–Trinajstić information content (AvgIpc) is 2.56. The number of unbranched alkanes of at least 4 members (excludes halogenated alkanes) is 8. The van der Waals surface area contributed by atoms with Crippen molar-refractivity contribution in [2.45, 2.75) is 70.3 Å². The number of halogens is 1. The van der Waals surface area contributed by atoms with Crippen molar-refractivity contribution in [1.82, 2.24) is 0 Å². The van der Waals surface area contributed by atoms with Crippen LogP contribution in [0.15, 0.2) is 24.3 Å². The molecular formula is C18H28BrNO3. The van der Waals surface area contributed by atoms with E-state index in [9.17, 15) is 15.2 Å². The van der Waals surface area contributed by atoms with Crippen LogP contribution in [0.3, 0.4) is 0 Å². The van der Waals surface area contributed by atoms with Gasteiger partial charge in [-0.05, 0) is 30.5 Å². The van der Waals surface area contributed by atoms with E-state index in [4.69, 9.17) is 0 Å². The highest BCUT2D eigenvalue weighted by Crippen LogP contribution is 2.22. The first kappa shape index (κ1) is 20.1. The number of nitrogens with zero attached hydrogens (tertiary/aromatic N) is 1. The second-order valence-corrected chi connectivity index (χ2v) is 6.82. The van der Waals surface area contributed by atoms with Crippen molar-refractivity contribution in [2.24, 2.45) is 0 Å². The van der Waals surface area contributed by atoms with Crippen molar-refractivity contribution in [3.63, 3.8) is 0 Å². The van der Waals surface area contributed by atoms with Crippen LogP contribution in [0.1, 0.15) is 75.9 Å². The van der Waals surface area contributed by atoms with Crippen LogP contribution in [0, 0.1) is 10.1 Å². The summed E-state index contributed by atoms with van der Waals surface area (Å²) in [5, 5.41) is 21.8. The lowest BCUT2D eigenvalue weighted by atomic mass is 10.0. The van der Waals surface area contributed by atoms with E-state index in [0.717, 1.165) is 30.2 Å². The number of nitro benzene ring substituents is 1. The molecule has 0 heterocycles. The lowest BCUT2D eigenvalue weighted by molar-refractivity contribution is -0.384. The number of hydrogen-bond acceptors (Lipinski definition) is 3. The van der Waals surface area contributed by atoms with Gasteiger partial charge in [-0.25, -0.2) is 0 Å². The maximum absolute atomic E-state index is 10.6. The Morgan fingerprint density at radius 1 is 0.913 bits per heavy atom. The number of alkyl halides is 1. The Kier molecular flexibility index (Phi) is 10.9. The fraction of sp³-hybridized carbons (Fsp3) is 0.667. The summed E-state index contributed by atoms with van der Waals surface area (Å²) >= 11 is 3.45. The largest absolute Gasteiger partial charge is 0.388 e. The zero-order chi connectivity index (χ0) is 16.9. The first-order valence-corrected chi connectivity index (χ1v) is 9.75. The summed E-state index contributed by atoms with van der Waals surface area (Å²) in [6.45, 7) is 0. The molecule has 0 amide bonds. The highest BCUT2D eigenvalue weighted by molar-refractivity contribution is 9.09. The maximum Gasteiger partial charge on any atom is 0.269 e. The number of benzene rings is 1. The van der Waals surface area contributed by atoms with E-state index in [1.165, 1.54) is 57.1 Å². The third kappa shape index (κ3) is 9.06. The van der Waals surface area contributed by atoms with Crippen molar-refractivity contribution in [3.05, 3.63) is 39.9 Å². The Balaban J connectivity index is 2.05. The lowest BCUT2D eigenvalue weighted by Crippen LogP contribution is -1.98. The monoisotopic (exact) mass is 385 g/mol. The molecule has 1 N–H and O–H groups in total. The van der Waals surface area contributed by atoms with Crippen LogP contribution >= 0.6 is 15.9 Å². The van der Waals surface area contributed by atoms with Crippen molar-refractivity contribution >= 4 is 21.6 Å². The Hall–Kier alpha value is -0.940. The summed E-state index contributed by atoms with van der Waals surface area (Å²) in [6.07, 6.45) is 11.5. The topological polar surface area (TPSA) is 63.4 Å². The molecule has 1 atom stereocenters. The van der Waals surface area contributed by atoms with E-state index in [0.29, 0.717) is 0 Å². The zero-order valence-corrected chi connectivity index (χ0v) is 15.3. The Morgan fingerprint density at radius 2 is 1.39 bits per heavy atom. The molecule has 1 rings (SSSR count). The summed E-state index contributed by atoms with van der Waals surface area (Å²) in [7, 11) is 0. The van der Waals surface area contributed by atoms with Crippen molar-refractivity contribution in [2.75, 3.05) is 5.33 Å². The van der Waals surface area contributed by atoms with Gasteiger partial charge in [-0.2, -0.15) is 0 Å². The third-order valence-corrected chi connectivity index (χ3v) is 4.66. The molecule has 0 radical (unpaired) electrons. The highest BCUT2D eigenvalue weighted by Gasteiger charge is 2.10. The molecule has 23 heavy (non-hydrogen) atoms. The number of rotatable bonds is 13. The summed E-state index contributed by atoms with van der Waals surface area (Å²) in [6, 6.07) is 6.20. The molecule has 0 fully saturated rings. The molecule has 0 spiro atoms. The molecule has 0 saturated carbocycles. The van der Waals surface area contributed by atoms with Crippen LogP contribution in [-0.4, -0.2) is 15.4 Å². The minimum Gasteiger partial charge on any atom is -0.388 e. The van der Waals surface area contributed by atoms with Crippen LogP contribution in [0.4, 0.5) is 5.69 Å². The second kappa shape index (κ2) is 12.5. The summed E-state index contributed by atoms with van der Waals surface area (Å²) in [5.41, 5.74) is 0.833. The summed E-state index contributed by atoms with van der Waals surface area (Å²) in [4.78, 5) is 10.2. The van der Waals surface area contributed by atoms with Gasteiger partial charge in [-0.15, -0.1) is 0 Å². The number of aliphatic hydroxyl groups is 1. The van der Waals surface area contributed by atoms with Gasteiger partial charge in [0, 0.05) is 17.5 Å². The SMILES string of the molecule is O=[N+]([O-])c1ccc(C(O)CCCCCCCCCCCBr)cc1. The van der Waals surface area contributed by atoms with Gasteiger partial charge in [0.2, 0.25) is 0 Å². The van der Waals surface area contributed by atoms with Gasteiger partial charge in [0.1, 0.15) is 0 Å². The number of nitro groups is 1. The molecule has 1 aromatic carbocycles. The van der Waals surface area contributed by atoms with Crippen molar-refractivity contribution < 1.29 is 10.0 Å². The zero-order valence-electron chi connectivity index (χ0n) is 13.8. The number of aliphatic hydroxyl groups excluding tert-OH is 1. The Bertz CT molecular complexity index is 436. The molecule has 0 saturated heterocycles. The highest BCUT2D eigenvalue weighted by atomic mass is 79.9. The molecule has 1 unspecified atom stereocenters. The second-order valence-electron chi connectivity index (χ2n) is 6.02. The van der Waals surface area contributed by atoms with E-state index in [1.54, 1.807) is 12.1 Å². The average molecular weight is 386 g/mol. The van der Waals surface area contributed by atoms with Gasteiger partial charge in [0.05, 0.1) is 11.0 Å². The normalized spacial score (nSPS) is 12.3. The van der Waals surface area contributed by atoms with Crippen LogP contribution < -0.4 is 0 Å². The molecule has 0 bridgehead atoms. The van der Waals surface area contributed by atoms with E-state index in [2.05, 4.69) is 15.9 Å². The van der Waals surface area contributed by atoms with E-state index in [-0.39, 0.29) is 5.69 Å². The third-order valence-electron chi connectivity index (χ3n) is 4.10. The number of hydrogen-bond donors (Lipinski definition) is 1. The van der Waals surface area contributed by atoms with E-state index >= 15 is 0 Å². The molecule has 0 aliphatic heterocycles. The molecule has 0 aliphatic rings. The smallest absolute Gasteiger partial charge is 0.269 e. The summed E-state index contributed by atoms with van der Waals surface area (Å²) < 4.78 is 0. The molecule has 1 aromatic rings.